The largest absolute Gasteiger partial charge is 0.325 e. The van der Waals surface area contributed by atoms with E-state index < -0.39 is 0 Å². The highest BCUT2D eigenvalue weighted by Gasteiger charge is 2.26. The number of anilines is 1. The van der Waals surface area contributed by atoms with Crippen molar-refractivity contribution in [2.24, 2.45) is 5.92 Å². The Hall–Kier alpha value is -2.46. The zero-order chi connectivity index (χ0) is 19.2. The van der Waals surface area contributed by atoms with Crippen LogP contribution in [0.15, 0.2) is 54.6 Å². The van der Waals surface area contributed by atoms with Gasteiger partial charge in [-0.25, -0.2) is 0 Å². The van der Waals surface area contributed by atoms with Crippen LogP contribution in [0.5, 0.6) is 0 Å². The van der Waals surface area contributed by atoms with Gasteiger partial charge in [-0.2, -0.15) is 0 Å². The maximum Gasteiger partial charge on any atom is 0.241 e. The Bertz CT molecular complexity index is 780. The van der Waals surface area contributed by atoms with Crippen molar-refractivity contribution in [1.82, 2.24) is 4.90 Å². The Balaban J connectivity index is 1.51. The van der Waals surface area contributed by atoms with Crippen LogP contribution in [0.4, 0.5) is 5.69 Å². The second-order valence-corrected chi connectivity index (χ2v) is 7.47. The van der Waals surface area contributed by atoms with E-state index in [4.69, 9.17) is 0 Å². The number of piperidine rings is 1. The summed E-state index contributed by atoms with van der Waals surface area (Å²) in [4.78, 5) is 26.4. The van der Waals surface area contributed by atoms with E-state index in [0.717, 1.165) is 32.4 Å². The highest BCUT2D eigenvalue weighted by atomic mass is 16.2. The van der Waals surface area contributed by atoms with Crippen LogP contribution >= 0.6 is 0 Å². The van der Waals surface area contributed by atoms with Gasteiger partial charge in [-0.05, 0) is 69.8 Å². The molecule has 1 atom stereocenters. The molecule has 1 amide bonds. The lowest BCUT2D eigenvalue weighted by molar-refractivity contribution is -0.121. The van der Waals surface area contributed by atoms with Crippen molar-refractivity contribution in [3.63, 3.8) is 0 Å². The van der Waals surface area contributed by atoms with Gasteiger partial charge in [0.15, 0.2) is 5.78 Å². The second-order valence-electron chi connectivity index (χ2n) is 7.47. The highest BCUT2D eigenvalue weighted by molar-refractivity contribution is 5.98. The summed E-state index contributed by atoms with van der Waals surface area (Å²) in [5.74, 6) is 0.669. The van der Waals surface area contributed by atoms with Crippen LogP contribution in [-0.2, 0) is 11.2 Å². The lowest BCUT2D eigenvalue weighted by atomic mass is 9.89. The van der Waals surface area contributed by atoms with Crippen molar-refractivity contribution in [2.45, 2.75) is 39.2 Å². The summed E-state index contributed by atoms with van der Waals surface area (Å²) < 4.78 is 0. The first-order valence-corrected chi connectivity index (χ1v) is 9.73. The van der Waals surface area contributed by atoms with Crippen molar-refractivity contribution >= 4 is 17.4 Å². The molecule has 0 saturated carbocycles. The molecule has 4 heteroatoms. The molecule has 3 rings (SSSR count). The number of Topliss-reactive ketones (excluding diaryl/α,β-unsaturated/α-hetero) is 1. The minimum absolute atomic E-state index is 0.000337. The van der Waals surface area contributed by atoms with Crippen molar-refractivity contribution in [1.29, 1.82) is 0 Å². The molecule has 0 aromatic heterocycles. The number of hydrogen-bond donors (Lipinski definition) is 1. The SMILES string of the molecule is CC(=O)c1cccc(NC(=O)[C@@H](C)N2CCC(Cc3ccccc3)CC2)c1. The predicted octanol–water partition coefficient (Wildman–Crippen LogP) is 4.17. The number of ketones is 1. The standard InChI is InChI=1S/C23H28N2O2/c1-17(23(27)24-22-10-6-9-21(16-22)18(2)26)25-13-11-20(12-14-25)15-19-7-4-3-5-8-19/h3-10,16-17,20H,11-15H2,1-2H3,(H,24,27)/t17-/m1/s1. The van der Waals surface area contributed by atoms with Gasteiger partial charge < -0.3 is 5.32 Å². The normalized spacial score (nSPS) is 16.7. The second kappa shape index (κ2) is 8.96. The van der Waals surface area contributed by atoms with Gasteiger partial charge in [0.05, 0.1) is 6.04 Å². The van der Waals surface area contributed by atoms with Gasteiger partial charge >= 0.3 is 0 Å². The number of nitrogens with one attached hydrogen (secondary N) is 1. The van der Waals surface area contributed by atoms with Crippen LogP contribution in [-0.4, -0.2) is 35.7 Å². The molecule has 2 aromatic rings. The van der Waals surface area contributed by atoms with Gasteiger partial charge in [0.25, 0.3) is 0 Å². The van der Waals surface area contributed by atoms with Crippen LogP contribution < -0.4 is 5.32 Å². The van der Waals surface area contributed by atoms with E-state index >= 15 is 0 Å². The summed E-state index contributed by atoms with van der Waals surface area (Å²) in [5.41, 5.74) is 2.69. The third-order valence-electron chi connectivity index (χ3n) is 5.48. The number of rotatable bonds is 6. The molecule has 0 spiro atoms. The summed E-state index contributed by atoms with van der Waals surface area (Å²) in [7, 11) is 0. The van der Waals surface area contributed by atoms with Gasteiger partial charge in [-0.15, -0.1) is 0 Å². The van der Waals surface area contributed by atoms with Crippen molar-refractivity contribution in [3.05, 3.63) is 65.7 Å². The Labute approximate surface area is 161 Å². The van der Waals surface area contributed by atoms with Crippen molar-refractivity contribution < 1.29 is 9.59 Å². The topological polar surface area (TPSA) is 49.4 Å². The first-order chi connectivity index (χ1) is 13.0. The third kappa shape index (κ3) is 5.27. The van der Waals surface area contributed by atoms with Crippen LogP contribution in [0.3, 0.4) is 0 Å². The number of amides is 1. The molecule has 1 aliphatic rings. The maximum atomic E-state index is 12.6. The fourth-order valence-electron chi connectivity index (χ4n) is 3.72. The Morgan fingerprint density at radius 3 is 2.44 bits per heavy atom. The van der Waals surface area contributed by atoms with Gasteiger partial charge in [0.1, 0.15) is 0 Å². The number of likely N-dealkylation sites (tertiary alicyclic amines) is 1. The smallest absolute Gasteiger partial charge is 0.241 e. The summed E-state index contributed by atoms with van der Waals surface area (Å²) in [6, 6.07) is 17.6. The third-order valence-corrected chi connectivity index (χ3v) is 5.48. The zero-order valence-corrected chi connectivity index (χ0v) is 16.2. The lowest BCUT2D eigenvalue weighted by Crippen LogP contribution is -2.46. The zero-order valence-electron chi connectivity index (χ0n) is 16.2. The lowest BCUT2D eigenvalue weighted by Gasteiger charge is -2.35. The minimum atomic E-state index is -0.177. The molecule has 2 aromatic carbocycles. The fourth-order valence-corrected chi connectivity index (χ4v) is 3.72. The molecule has 0 radical (unpaired) electrons. The average Bonchev–Trinajstić information content (AvgIpc) is 2.69. The molecule has 1 aliphatic heterocycles. The van der Waals surface area contributed by atoms with E-state index in [1.54, 1.807) is 18.2 Å². The van der Waals surface area contributed by atoms with Gasteiger partial charge in [0.2, 0.25) is 5.91 Å². The fraction of sp³-hybridized carbons (Fsp3) is 0.391. The van der Waals surface area contributed by atoms with Gasteiger partial charge in [-0.3, -0.25) is 14.5 Å². The van der Waals surface area contributed by atoms with E-state index in [2.05, 4.69) is 40.5 Å². The molecule has 142 valence electrons. The molecule has 1 fully saturated rings. The van der Waals surface area contributed by atoms with Crippen LogP contribution in [0.2, 0.25) is 0 Å². The quantitative estimate of drug-likeness (QED) is 0.783. The minimum Gasteiger partial charge on any atom is -0.325 e. The van der Waals surface area contributed by atoms with E-state index in [1.165, 1.54) is 12.5 Å². The van der Waals surface area contributed by atoms with Gasteiger partial charge in [0, 0.05) is 11.3 Å². The number of benzene rings is 2. The van der Waals surface area contributed by atoms with E-state index in [1.807, 2.05) is 13.0 Å². The predicted molar refractivity (Wildman–Crippen MR) is 109 cm³/mol. The molecule has 0 unspecified atom stereocenters. The van der Waals surface area contributed by atoms with Crippen LogP contribution in [0.25, 0.3) is 0 Å². The molecule has 1 heterocycles. The number of carbonyl (C=O) groups is 2. The first-order valence-electron chi connectivity index (χ1n) is 9.73. The van der Waals surface area contributed by atoms with E-state index in [-0.39, 0.29) is 17.7 Å². The molecule has 4 nitrogen and oxygen atoms in total. The summed E-state index contributed by atoms with van der Waals surface area (Å²) in [5, 5.41) is 2.95. The molecule has 0 aliphatic carbocycles. The highest BCUT2D eigenvalue weighted by Crippen LogP contribution is 2.23. The Kier molecular flexibility index (Phi) is 6.40. The molecular formula is C23H28N2O2. The molecule has 1 saturated heterocycles. The maximum absolute atomic E-state index is 12.6. The monoisotopic (exact) mass is 364 g/mol. The van der Waals surface area contributed by atoms with Gasteiger partial charge in [-0.1, -0.05) is 42.5 Å². The number of hydrogen-bond acceptors (Lipinski definition) is 3. The van der Waals surface area contributed by atoms with E-state index in [0.29, 0.717) is 17.2 Å². The number of nitrogens with zero attached hydrogens (tertiary/aromatic N) is 1. The van der Waals surface area contributed by atoms with Crippen LogP contribution in [0.1, 0.15) is 42.6 Å². The Morgan fingerprint density at radius 2 is 1.78 bits per heavy atom. The van der Waals surface area contributed by atoms with E-state index in [9.17, 15) is 9.59 Å². The molecular weight excluding hydrogens is 336 g/mol. The molecule has 1 N–H and O–H groups in total. The molecule has 0 bridgehead atoms. The first kappa shape index (κ1) is 19.3. The molecule has 27 heavy (non-hydrogen) atoms. The summed E-state index contributed by atoms with van der Waals surface area (Å²) >= 11 is 0. The van der Waals surface area contributed by atoms with Crippen molar-refractivity contribution in [3.8, 4) is 0 Å². The summed E-state index contributed by atoms with van der Waals surface area (Å²) in [6.07, 6.45) is 3.35. The summed E-state index contributed by atoms with van der Waals surface area (Å²) in [6.45, 7) is 5.38. The van der Waals surface area contributed by atoms with Crippen LogP contribution in [0, 0.1) is 5.92 Å². The Morgan fingerprint density at radius 1 is 1.07 bits per heavy atom. The average molecular weight is 364 g/mol. The van der Waals surface area contributed by atoms with Crippen molar-refractivity contribution in [2.75, 3.05) is 18.4 Å². The number of carbonyl (C=O) groups excluding carboxylic acids is 2.